The van der Waals surface area contributed by atoms with E-state index in [9.17, 15) is 23.7 Å². The zero-order chi connectivity index (χ0) is 39.2. The number of hydrogen-bond donors (Lipinski definition) is 4. The zero-order valence-electron chi connectivity index (χ0n) is 30.8. The third kappa shape index (κ3) is 7.52. The molecular formula is C44H40N6O5S. The molecule has 2 atom stereocenters. The van der Waals surface area contributed by atoms with Crippen LogP contribution in [-0.4, -0.2) is 47.9 Å². The summed E-state index contributed by atoms with van der Waals surface area (Å²) in [5, 5.41) is 16.2. The molecule has 0 aliphatic heterocycles. The van der Waals surface area contributed by atoms with Gasteiger partial charge in [0.1, 0.15) is 28.1 Å². The summed E-state index contributed by atoms with van der Waals surface area (Å²) in [5.74, 6) is -1.40. The number of carbonyl (C=O) groups is 2. The summed E-state index contributed by atoms with van der Waals surface area (Å²) in [4.78, 5) is 44.0. The summed E-state index contributed by atoms with van der Waals surface area (Å²) in [6, 6.07) is 41.8. The largest absolute Gasteiger partial charge is 0.480 e. The van der Waals surface area contributed by atoms with Crippen molar-refractivity contribution in [3.05, 3.63) is 196 Å². The molecule has 282 valence electrons. The number of pyridine rings is 1. The lowest BCUT2D eigenvalue weighted by Gasteiger charge is -2.38. The van der Waals surface area contributed by atoms with Gasteiger partial charge in [0.05, 0.1) is 10.4 Å². The van der Waals surface area contributed by atoms with Gasteiger partial charge in [0, 0.05) is 44.1 Å². The second-order valence-corrected chi connectivity index (χ2v) is 14.7. The molecule has 56 heavy (non-hydrogen) atoms. The topological polar surface area (TPSA) is 147 Å². The molecule has 4 N–H and O–H groups in total. The molecule has 0 fully saturated rings. The van der Waals surface area contributed by atoms with Gasteiger partial charge in [0.2, 0.25) is 11.4 Å². The van der Waals surface area contributed by atoms with Crippen LogP contribution in [0.15, 0.2) is 162 Å². The third-order valence-electron chi connectivity index (χ3n) is 9.78. The van der Waals surface area contributed by atoms with E-state index in [-0.39, 0.29) is 5.56 Å². The minimum atomic E-state index is -1.83. The van der Waals surface area contributed by atoms with Crippen LogP contribution in [0.2, 0.25) is 0 Å². The number of hydrogen-bond acceptors (Lipinski definition) is 6. The number of rotatable bonds is 14. The van der Waals surface area contributed by atoms with Crippen molar-refractivity contribution in [1.82, 2.24) is 24.2 Å². The first kappa shape index (κ1) is 37.7. The Hall–Kier alpha value is -6.63. The van der Waals surface area contributed by atoms with Crippen molar-refractivity contribution in [1.29, 1.82) is 0 Å². The number of amides is 1. The monoisotopic (exact) mass is 764 g/mol. The van der Waals surface area contributed by atoms with Gasteiger partial charge in [-0.3, -0.25) is 19.0 Å². The van der Waals surface area contributed by atoms with Crippen molar-refractivity contribution in [3.8, 4) is 0 Å². The number of carboxylic acids is 1. The molecule has 2 unspecified atom stereocenters. The Kier molecular flexibility index (Phi) is 11.0. The van der Waals surface area contributed by atoms with Crippen LogP contribution in [0.5, 0.6) is 0 Å². The number of aromatic nitrogens is 3. The van der Waals surface area contributed by atoms with Gasteiger partial charge in [-0.2, -0.15) is 0 Å². The summed E-state index contributed by atoms with van der Waals surface area (Å²) in [5.41, 5.74) is 4.24. The molecule has 0 saturated heterocycles. The molecular weight excluding hydrogens is 725 g/mol. The number of fused-ring (bicyclic) bond motifs is 1. The number of nitrogens with zero attached hydrogens (tertiary/aromatic N) is 3. The highest BCUT2D eigenvalue weighted by Crippen LogP contribution is 2.42. The van der Waals surface area contributed by atoms with E-state index < -0.39 is 46.4 Å². The fourth-order valence-electron chi connectivity index (χ4n) is 6.97. The summed E-state index contributed by atoms with van der Waals surface area (Å²) < 4.78 is 19.2. The van der Waals surface area contributed by atoms with Crippen molar-refractivity contribution >= 4 is 39.7 Å². The number of benzene rings is 5. The van der Waals surface area contributed by atoms with Crippen molar-refractivity contribution in [3.63, 3.8) is 0 Å². The maximum atomic E-state index is 13.6. The van der Waals surface area contributed by atoms with Crippen molar-refractivity contribution in [2.45, 2.75) is 29.9 Å². The Morgan fingerprint density at radius 1 is 0.839 bits per heavy atom. The Bertz CT molecular complexity index is 2480. The van der Waals surface area contributed by atoms with Crippen LogP contribution in [0.4, 0.5) is 5.95 Å². The first-order valence-corrected chi connectivity index (χ1v) is 19.1. The van der Waals surface area contributed by atoms with Crippen LogP contribution in [-0.2, 0) is 34.9 Å². The molecule has 7 rings (SSSR count). The van der Waals surface area contributed by atoms with Crippen LogP contribution < -0.4 is 20.8 Å². The Morgan fingerprint density at radius 3 is 2.00 bits per heavy atom. The van der Waals surface area contributed by atoms with Gasteiger partial charge >= 0.3 is 5.97 Å². The van der Waals surface area contributed by atoms with Crippen LogP contribution in [0.25, 0.3) is 10.9 Å². The van der Waals surface area contributed by atoms with Crippen LogP contribution in [0.1, 0.15) is 38.2 Å². The van der Waals surface area contributed by atoms with Crippen LogP contribution in [0.3, 0.4) is 0 Å². The van der Waals surface area contributed by atoms with E-state index >= 15 is 0 Å². The van der Waals surface area contributed by atoms with Gasteiger partial charge < -0.3 is 20.3 Å². The summed E-state index contributed by atoms with van der Waals surface area (Å²) in [6.45, 7) is 1.87. The Labute approximate surface area is 326 Å². The standard InChI is InChI=1S/C44H40N6O5S/c1-30-18-21-35(22-19-30)56(55)48-38(42(53)54)28-46-41(52)37-29-49(2)39-26-31(20-23-36(39)40(37)51)27-47-43-45-24-25-50(43)44(32-12-6-3-7-13-32,33-14-8-4-9-15-33)34-16-10-5-11-17-34/h3-26,29,38,48H,27-28H2,1-2H3,(H,45,47)(H,46,52)(H,53,54). The second kappa shape index (κ2) is 16.4. The van der Waals surface area contributed by atoms with E-state index in [4.69, 9.17) is 4.98 Å². The van der Waals surface area contributed by atoms with E-state index in [0.29, 0.717) is 28.3 Å². The average molecular weight is 765 g/mol. The molecule has 0 radical (unpaired) electrons. The SMILES string of the molecule is Cc1ccc(S(=O)NC(CNC(=O)c2cn(C)c3cc(CNc4nccn4C(c4ccccc4)(c4ccccc4)c4ccccc4)ccc3c2=O)C(=O)O)cc1. The van der Waals surface area contributed by atoms with E-state index in [1.54, 1.807) is 48.1 Å². The Balaban J connectivity index is 1.13. The third-order valence-corrected chi connectivity index (χ3v) is 11.0. The lowest BCUT2D eigenvalue weighted by molar-refractivity contribution is -0.138. The van der Waals surface area contributed by atoms with Gasteiger partial charge in [-0.15, -0.1) is 0 Å². The molecule has 1 amide bonds. The van der Waals surface area contributed by atoms with Crippen molar-refractivity contribution in [2.75, 3.05) is 11.9 Å². The highest BCUT2D eigenvalue weighted by molar-refractivity contribution is 7.83. The number of aryl methyl sites for hydroxylation is 2. The first-order chi connectivity index (χ1) is 27.2. The van der Waals surface area contributed by atoms with E-state index in [0.717, 1.165) is 27.8 Å². The molecule has 0 saturated carbocycles. The minimum absolute atomic E-state index is 0.143. The molecule has 0 spiro atoms. The second-order valence-electron chi connectivity index (χ2n) is 13.4. The molecule has 5 aromatic carbocycles. The van der Waals surface area contributed by atoms with Crippen molar-refractivity contribution in [2.24, 2.45) is 7.05 Å². The number of nitrogens with one attached hydrogen (secondary N) is 3. The number of imidazole rings is 1. The lowest BCUT2D eigenvalue weighted by atomic mass is 9.76. The number of carboxylic acid groups (broad SMARTS) is 1. The predicted molar refractivity (Wildman–Crippen MR) is 218 cm³/mol. The predicted octanol–water partition coefficient (Wildman–Crippen LogP) is 5.99. The Morgan fingerprint density at radius 2 is 1.43 bits per heavy atom. The smallest absolute Gasteiger partial charge is 0.323 e. The van der Waals surface area contributed by atoms with Gasteiger partial charge in [-0.1, -0.05) is 115 Å². The molecule has 0 bridgehead atoms. The summed E-state index contributed by atoms with van der Waals surface area (Å²) >= 11 is 0. The summed E-state index contributed by atoms with van der Waals surface area (Å²) in [6.07, 6.45) is 5.19. The van der Waals surface area contributed by atoms with Gasteiger partial charge in [-0.05, 0) is 53.4 Å². The molecule has 2 aromatic heterocycles. The van der Waals surface area contributed by atoms with Crippen LogP contribution in [0, 0.1) is 6.92 Å². The van der Waals surface area contributed by atoms with E-state index in [1.165, 1.54) is 6.20 Å². The maximum Gasteiger partial charge on any atom is 0.323 e. The highest BCUT2D eigenvalue weighted by atomic mass is 32.2. The lowest BCUT2D eigenvalue weighted by Crippen LogP contribution is -2.47. The minimum Gasteiger partial charge on any atom is -0.480 e. The number of anilines is 1. The van der Waals surface area contributed by atoms with Gasteiger partial charge in [-0.25, -0.2) is 13.9 Å². The molecule has 0 aliphatic carbocycles. The first-order valence-electron chi connectivity index (χ1n) is 18.0. The normalized spacial score (nSPS) is 12.5. The summed E-state index contributed by atoms with van der Waals surface area (Å²) in [7, 11) is -0.0946. The molecule has 7 aromatic rings. The molecule has 11 nitrogen and oxygen atoms in total. The molecule has 12 heteroatoms. The van der Waals surface area contributed by atoms with Crippen LogP contribution >= 0.6 is 0 Å². The van der Waals surface area contributed by atoms with Crippen molar-refractivity contribution < 1.29 is 18.9 Å². The van der Waals surface area contributed by atoms with Gasteiger partial charge in [0.15, 0.2) is 0 Å². The quantitative estimate of drug-likeness (QED) is 0.0996. The molecule has 2 heterocycles. The average Bonchev–Trinajstić information content (AvgIpc) is 3.70. The fourth-order valence-corrected chi connectivity index (χ4v) is 7.93. The zero-order valence-corrected chi connectivity index (χ0v) is 31.6. The molecule has 0 aliphatic rings. The number of aliphatic carboxylic acids is 1. The van der Waals surface area contributed by atoms with E-state index in [2.05, 4.69) is 56.3 Å². The fraction of sp³-hybridized carbons (Fsp3) is 0.136. The maximum absolute atomic E-state index is 13.6. The highest BCUT2D eigenvalue weighted by Gasteiger charge is 2.39. The van der Waals surface area contributed by atoms with Gasteiger partial charge in [0.25, 0.3) is 5.91 Å². The number of carbonyl (C=O) groups excluding carboxylic acids is 1. The van der Waals surface area contributed by atoms with E-state index in [1.807, 2.05) is 79.9 Å².